The summed E-state index contributed by atoms with van der Waals surface area (Å²) in [6, 6.07) is 14.7. The van der Waals surface area contributed by atoms with Crippen LogP contribution in [0.1, 0.15) is 33.8 Å². The van der Waals surface area contributed by atoms with E-state index in [4.69, 9.17) is 4.74 Å². The Bertz CT molecular complexity index is 1970. The Labute approximate surface area is 266 Å². The number of ether oxygens (including phenoxy) is 1. The van der Waals surface area contributed by atoms with Gasteiger partial charge < -0.3 is 15.0 Å². The van der Waals surface area contributed by atoms with Crippen LogP contribution in [0, 0.1) is 12.7 Å². The number of carbonyl (C=O) groups excluding carboxylic acids is 2. The molecule has 3 aromatic carbocycles. The molecule has 2 fully saturated rings. The average molecular weight is 649 g/mol. The Morgan fingerprint density at radius 2 is 1.96 bits per heavy atom. The van der Waals surface area contributed by atoms with Gasteiger partial charge in [0.05, 0.1) is 52.7 Å². The molecule has 2 amide bonds. The third-order valence-corrected chi connectivity index (χ3v) is 9.64. The summed E-state index contributed by atoms with van der Waals surface area (Å²) in [6.45, 7) is 0.937. The van der Waals surface area contributed by atoms with Gasteiger partial charge in [0.25, 0.3) is 11.8 Å². The monoisotopic (exact) mass is 648 g/mol. The summed E-state index contributed by atoms with van der Waals surface area (Å²) in [7, 11) is 1.43. The number of aromatic amines is 1. The van der Waals surface area contributed by atoms with E-state index >= 15 is 0 Å². The number of fused-ring (bicyclic) bond motifs is 2. The van der Waals surface area contributed by atoms with Gasteiger partial charge in [-0.1, -0.05) is 12.1 Å². The molecule has 0 bridgehead atoms. The fraction of sp³-hybridized carbons (Fsp3) is 0.333. The largest absolute Gasteiger partial charge is 0.496 e. The van der Waals surface area contributed by atoms with Crippen LogP contribution in [0.3, 0.4) is 0 Å². The number of H-pyrrole nitrogens is 1. The molecule has 2 saturated heterocycles. The van der Waals surface area contributed by atoms with E-state index in [2.05, 4.69) is 20.5 Å². The molecule has 9 nitrogen and oxygen atoms in total. The SMILES string of the molecule is COc1cccc(F)c1CN1C[C@H](NC(=O)c2ccc3[nH]nc(-c4ccc5nc(C)sc5c4)c3c2)CC[C@H]1C(=O)N1CC(F)(F)C1. The highest BCUT2D eigenvalue weighted by molar-refractivity contribution is 7.18. The maximum atomic E-state index is 14.9. The molecule has 4 heterocycles. The number of alkyl halides is 2. The second-order valence-electron chi connectivity index (χ2n) is 11.9. The van der Waals surface area contributed by atoms with Gasteiger partial charge in [-0.3, -0.25) is 19.6 Å². The number of nitrogens with zero attached hydrogens (tertiary/aromatic N) is 4. The Morgan fingerprint density at radius 1 is 1.13 bits per heavy atom. The number of amides is 2. The van der Waals surface area contributed by atoms with E-state index in [-0.39, 0.29) is 30.6 Å². The van der Waals surface area contributed by atoms with E-state index in [1.54, 1.807) is 34.4 Å². The Morgan fingerprint density at radius 3 is 2.74 bits per heavy atom. The Kier molecular flexibility index (Phi) is 7.68. The number of thiazole rings is 1. The summed E-state index contributed by atoms with van der Waals surface area (Å²) in [5.41, 5.74) is 4.03. The molecule has 13 heteroatoms. The quantitative estimate of drug-likeness (QED) is 0.241. The topological polar surface area (TPSA) is 103 Å². The lowest BCUT2D eigenvalue weighted by Gasteiger charge is -2.45. The van der Waals surface area contributed by atoms with Crippen molar-refractivity contribution in [1.29, 1.82) is 0 Å². The van der Waals surface area contributed by atoms with Crippen LogP contribution >= 0.6 is 11.3 Å². The molecule has 2 aliphatic rings. The van der Waals surface area contributed by atoms with Crippen molar-refractivity contribution in [2.45, 2.75) is 44.3 Å². The third kappa shape index (κ3) is 5.69. The average Bonchev–Trinajstić information content (AvgIpc) is 3.62. The third-order valence-electron chi connectivity index (χ3n) is 8.71. The first-order chi connectivity index (χ1) is 22.1. The number of halogens is 3. The van der Waals surface area contributed by atoms with Gasteiger partial charge in [-0.05, 0) is 62.2 Å². The highest BCUT2D eigenvalue weighted by Crippen LogP contribution is 2.33. The van der Waals surface area contributed by atoms with Gasteiger partial charge in [0, 0.05) is 41.2 Å². The van der Waals surface area contributed by atoms with Gasteiger partial charge >= 0.3 is 0 Å². The summed E-state index contributed by atoms with van der Waals surface area (Å²) >= 11 is 1.61. The molecule has 0 spiro atoms. The summed E-state index contributed by atoms with van der Waals surface area (Å²) in [4.78, 5) is 34.3. The number of likely N-dealkylation sites (tertiary alicyclic amines) is 2. The molecule has 0 radical (unpaired) electrons. The van der Waals surface area contributed by atoms with Gasteiger partial charge in [0.2, 0.25) is 5.91 Å². The Hall–Kier alpha value is -4.49. The molecule has 7 rings (SSSR count). The lowest BCUT2D eigenvalue weighted by atomic mass is 9.94. The smallest absolute Gasteiger partial charge is 0.282 e. The second kappa shape index (κ2) is 11.7. The predicted molar refractivity (Wildman–Crippen MR) is 169 cm³/mol. The van der Waals surface area contributed by atoms with Crippen LogP contribution in [0.2, 0.25) is 0 Å². The van der Waals surface area contributed by atoms with E-state index in [9.17, 15) is 22.8 Å². The summed E-state index contributed by atoms with van der Waals surface area (Å²) < 4.78 is 48.6. The summed E-state index contributed by atoms with van der Waals surface area (Å²) in [5, 5.41) is 12.4. The van der Waals surface area contributed by atoms with Crippen LogP contribution in [0.15, 0.2) is 54.6 Å². The van der Waals surface area contributed by atoms with Crippen LogP contribution < -0.4 is 10.1 Å². The molecule has 0 unspecified atom stereocenters. The van der Waals surface area contributed by atoms with Crippen LogP contribution in [-0.2, 0) is 11.3 Å². The number of carbonyl (C=O) groups is 2. The number of hydrogen-bond acceptors (Lipinski definition) is 7. The molecule has 2 N–H and O–H groups in total. The molecule has 46 heavy (non-hydrogen) atoms. The standard InChI is InChI=1S/C33H31F3N6O3S/c1-18-37-26-10-6-19(13-29(26)46-18)30-22-12-20(7-9-25(22)39-40-30)31(43)38-21-8-11-27(32(44)42-16-33(35,36)17-42)41(14-21)15-23-24(34)4-3-5-28(23)45-2/h3-7,9-10,12-13,21,27H,8,11,14-17H2,1-2H3,(H,38,43)(H,39,40)/t21-,27+/m1/s1. The first-order valence-electron chi connectivity index (χ1n) is 15.0. The van der Waals surface area contributed by atoms with Gasteiger partial charge in [-0.15, -0.1) is 11.3 Å². The number of methoxy groups -OCH3 is 1. The maximum absolute atomic E-state index is 14.9. The van der Waals surface area contributed by atoms with Crippen LogP contribution in [0.25, 0.3) is 32.4 Å². The molecule has 238 valence electrons. The van der Waals surface area contributed by atoms with Crippen molar-refractivity contribution < 1.29 is 27.5 Å². The van der Waals surface area contributed by atoms with E-state index in [1.165, 1.54) is 19.2 Å². The number of rotatable bonds is 7. The van der Waals surface area contributed by atoms with Crippen molar-refractivity contribution in [1.82, 2.24) is 30.3 Å². The van der Waals surface area contributed by atoms with Gasteiger partial charge in [-0.25, -0.2) is 18.2 Å². The van der Waals surface area contributed by atoms with Crippen molar-refractivity contribution in [2.75, 3.05) is 26.7 Å². The van der Waals surface area contributed by atoms with Crippen LogP contribution in [0.5, 0.6) is 5.75 Å². The lowest BCUT2D eigenvalue weighted by Crippen LogP contribution is -2.64. The zero-order valence-corrected chi connectivity index (χ0v) is 26.0. The Balaban J connectivity index is 1.12. The van der Waals surface area contributed by atoms with Crippen molar-refractivity contribution in [3.8, 4) is 17.0 Å². The van der Waals surface area contributed by atoms with Crippen molar-refractivity contribution >= 4 is 44.3 Å². The summed E-state index contributed by atoms with van der Waals surface area (Å²) in [5.74, 6) is -3.80. The number of aryl methyl sites for hydroxylation is 1. The van der Waals surface area contributed by atoms with E-state index in [1.807, 2.05) is 31.2 Å². The number of piperidine rings is 1. The molecule has 0 saturated carbocycles. The minimum atomic E-state index is -2.90. The van der Waals surface area contributed by atoms with Crippen LogP contribution in [0.4, 0.5) is 13.2 Å². The van der Waals surface area contributed by atoms with E-state index in [0.717, 1.165) is 42.3 Å². The lowest BCUT2D eigenvalue weighted by molar-refractivity contribution is -0.172. The minimum Gasteiger partial charge on any atom is -0.496 e. The fourth-order valence-electron chi connectivity index (χ4n) is 6.41. The molecule has 0 aliphatic carbocycles. The second-order valence-corrected chi connectivity index (χ2v) is 13.1. The predicted octanol–water partition coefficient (Wildman–Crippen LogP) is 5.54. The van der Waals surface area contributed by atoms with Crippen molar-refractivity contribution in [3.63, 3.8) is 0 Å². The van der Waals surface area contributed by atoms with Crippen molar-refractivity contribution in [2.24, 2.45) is 0 Å². The highest BCUT2D eigenvalue weighted by atomic mass is 32.1. The van der Waals surface area contributed by atoms with E-state index < -0.39 is 36.8 Å². The molecule has 2 atom stereocenters. The van der Waals surface area contributed by atoms with Gasteiger partial charge in [-0.2, -0.15) is 5.10 Å². The normalized spacial score (nSPS) is 19.7. The number of benzene rings is 3. The maximum Gasteiger partial charge on any atom is 0.282 e. The molecule has 2 aromatic heterocycles. The molecular formula is C33H31F3N6O3S. The fourth-order valence-corrected chi connectivity index (χ4v) is 7.28. The van der Waals surface area contributed by atoms with Gasteiger partial charge in [0.1, 0.15) is 11.6 Å². The van der Waals surface area contributed by atoms with Crippen LogP contribution in [-0.4, -0.2) is 81.5 Å². The first kappa shape index (κ1) is 30.2. The molecule has 2 aliphatic heterocycles. The highest BCUT2D eigenvalue weighted by Gasteiger charge is 2.49. The number of hydrogen-bond donors (Lipinski definition) is 2. The van der Waals surface area contributed by atoms with E-state index in [0.29, 0.717) is 24.2 Å². The van der Waals surface area contributed by atoms with Crippen molar-refractivity contribution in [3.05, 3.63) is 76.5 Å². The molecular weight excluding hydrogens is 617 g/mol. The minimum absolute atomic E-state index is 0.0107. The summed E-state index contributed by atoms with van der Waals surface area (Å²) in [6.07, 6.45) is 0.762. The number of nitrogens with one attached hydrogen (secondary N) is 2. The zero-order valence-electron chi connectivity index (χ0n) is 25.1. The number of aromatic nitrogens is 3. The van der Waals surface area contributed by atoms with Gasteiger partial charge in [0.15, 0.2) is 0 Å². The first-order valence-corrected chi connectivity index (χ1v) is 15.8. The molecule has 5 aromatic rings. The zero-order chi connectivity index (χ0) is 32.2.